The SMILES string of the molecule is CCOc1ccccc1-c1nc(C(=O)NCCC[NH+]2CCOCC2)cc2c1[nH]c1ccccc12. The van der Waals surface area contributed by atoms with Crippen LogP contribution in [0.3, 0.4) is 0 Å². The molecule has 176 valence electrons. The standard InChI is InChI=1S/C27H30N4O3/c1-2-34-24-11-6-4-9-20(24)25-26-21(19-8-3-5-10-22(19)29-26)18-23(30-25)27(32)28-12-7-13-31-14-16-33-17-15-31/h3-6,8-11,18,29H,2,7,12-17H2,1H3,(H,28,32)/p+1. The van der Waals surface area contributed by atoms with E-state index < -0.39 is 0 Å². The lowest BCUT2D eigenvalue weighted by atomic mass is 10.1. The molecule has 0 atom stereocenters. The Labute approximate surface area is 199 Å². The predicted molar refractivity (Wildman–Crippen MR) is 134 cm³/mol. The van der Waals surface area contributed by atoms with Gasteiger partial charge in [0.05, 0.1) is 37.6 Å². The number of benzene rings is 2. The molecule has 0 unspecified atom stereocenters. The lowest BCUT2D eigenvalue weighted by Crippen LogP contribution is -3.14. The van der Waals surface area contributed by atoms with E-state index in [2.05, 4.69) is 16.4 Å². The molecule has 1 aliphatic rings. The second-order valence-corrected chi connectivity index (χ2v) is 8.60. The van der Waals surface area contributed by atoms with E-state index in [4.69, 9.17) is 14.5 Å². The average molecular weight is 460 g/mol. The van der Waals surface area contributed by atoms with Crippen molar-refractivity contribution < 1.29 is 19.2 Å². The first-order valence-electron chi connectivity index (χ1n) is 12.1. The van der Waals surface area contributed by atoms with E-state index in [1.54, 1.807) is 0 Å². The first kappa shape index (κ1) is 22.4. The molecule has 7 nitrogen and oxygen atoms in total. The number of quaternary nitrogens is 1. The summed E-state index contributed by atoms with van der Waals surface area (Å²) >= 11 is 0. The average Bonchev–Trinajstić information content (AvgIpc) is 3.26. The van der Waals surface area contributed by atoms with Gasteiger partial charge in [0.2, 0.25) is 0 Å². The monoisotopic (exact) mass is 459 g/mol. The number of nitrogens with zero attached hydrogens (tertiary/aromatic N) is 1. The summed E-state index contributed by atoms with van der Waals surface area (Å²) in [5.74, 6) is 0.600. The molecule has 0 aliphatic carbocycles. The third-order valence-corrected chi connectivity index (χ3v) is 6.36. The van der Waals surface area contributed by atoms with E-state index in [0.717, 1.165) is 78.1 Å². The Hall–Kier alpha value is -3.42. The van der Waals surface area contributed by atoms with Gasteiger partial charge in [0.1, 0.15) is 24.5 Å². The lowest BCUT2D eigenvalue weighted by molar-refractivity contribution is -0.908. The largest absolute Gasteiger partial charge is 0.493 e. The third kappa shape index (κ3) is 4.62. The minimum absolute atomic E-state index is 0.153. The van der Waals surface area contributed by atoms with Crippen LogP contribution >= 0.6 is 0 Å². The van der Waals surface area contributed by atoms with Gasteiger partial charge in [-0.15, -0.1) is 0 Å². The smallest absolute Gasteiger partial charge is 0.269 e. The summed E-state index contributed by atoms with van der Waals surface area (Å²) in [7, 11) is 0. The number of hydrogen-bond acceptors (Lipinski definition) is 4. The molecule has 1 amide bonds. The molecular formula is C27H31N4O3+. The number of rotatable bonds is 8. The van der Waals surface area contributed by atoms with Gasteiger partial charge in [-0.2, -0.15) is 0 Å². The number of H-pyrrole nitrogens is 1. The van der Waals surface area contributed by atoms with Crippen molar-refractivity contribution in [2.45, 2.75) is 13.3 Å². The zero-order valence-corrected chi connectivity index (χ0v) is 19.5. The number of hydrogen-bond donors (Lipinski definition) is 3. The van der Waals surface area contributed by atoms with Crippen molar-refractivity contribution in [3.63, 3.8) is 0 Å². The minimum atomic E-state index is -0.153. The van der Waals surface area contributed by atoms with Gasteiger partial charge in [-0.25, -0.2) is 4.98 Å². The van der Waals surface area contributed by atoms with Crippen molar-refractivity contribution in [1.29, 1.82) is 0 Å². The molecule has 2 aromatic heterocycles. The van der Waals surface area contributed by atoms with Crippen LogP contribution in [0.1, 0.15) is 23.8 Å². The zero-order chi connectivity index (χ0) is 23.3. The zero-order valence-electron chi connectivity index (χ0n) is 19.5. The van der Waals surface area contributed by atoms with Crippen LogP contribution in [0.25, 0.3) is 33.1 Å². The van der Waals surface area contributed by atoms with Crippen LogP contribution in [0, 0.1) is 0 Å². The maximum Gasteiger partial charge on any atom is 0.269 e. The highest BCUT2D eigenvalue weighted by Gasteiger charge is 2.19. The number of carbonyl (C=O) groups is 1. The van der Waals surface area contributed by atoms with Crippen LogP contribution in [-0.4, -0.2) is 61.9 Å². The Bertz CT molecular complexity index is 1290. The normalized spacial score (nSPS) is 14.5. The summed E-state index contributed by atoms with van der Waals surface area (Å²) in [6, 6.07) is 17.9. The fraction of sp³-hybridized carbons (Fsp3) is 0.333. The topological polar surface area (TPSA) is 80.7 Å². The van der Waals surface area contributed by atoms with Gasteiger partial charge in [-0.1, -0.05) is 30.3 Å². The van der Waals surface area contributed by atoms with E-state index in [1.807, 2.05) is 55.5 Å². The summed E-state index contributed by atoms with van der Waals surface area (Å²) in [5, 5.41) is 5.13. The quantitative estimate of drug-likeness (QED) is 0.354. The van der Waals surface area contributed by atoms with Gasteiger partial charge < -0.3 is 24.7 Å². The summed E-state index contributed by atoms with van der Waals surface area (Å²) in [4.78, 5) is 23.0. The van der Waals surface area contributed by atoms with E-state index in [0.29, 0.717) is 18.8 Å². The van der Waals surface area contributed by atoms with Crippen molar-refractivity contribution in [2.75, 3.05) is 46.0 Å². The molecule has 7 heteroatoms. The Morgan fingerprint density at radius 2 is 1.91 bits per heavy atom. The Balaban J connectivity index is 1.46. The Morgan fingerprint density at radius 3 is 2.76 bits per heavy atom. The number of ether oxygens (including phenoxy) is 2. The number of fused-ring (bicyclic) bond motifs is 3. The molecule has 3 N–H and O–H groups in total. The molecule has 1 saturated heterocycles. The fourth-order valence-electron chi connectivity index (χ4n) is 4.64. The maximum atomic E-state index is 13.1. The van der Waals surface area contributed by atoms with Crippen LogP contribution in [0.2, 0.25) is 0 Å². The Kier molecular flexibility index (Phi) is 6.74. The highest BCUT2D eigenvalue weighted by molar-refractivity contribution is 6.13. The minimum Gasteiger partial charge on any atom is -0.493 e. The summed E-state index contributed by atoms with van der Waals surface area (Å²) in [5.41, 5.74) is 3.92. The first-order valence-corrected chi connectivity index (χ1v) is 12.1. The molecule has 1 fully saturated rings. The molecule has 0 saturated carbocycles. The van der Waals surface area contributed by atoms with Crippen LogP contribution < -0.4 is 15.0 Å². The molecule has 0 spiro atoms. The fourth-order valence-corrected chi connectivity index (χ4v) is 4.64. The van der Waals surface area contributed by atoms with Crippen molar-refractivity contribution in [3.8, 4) is 17.0 Å². The maximum absolute atomic E-state index is 13.1. The van der Waals surface area contributed by atoms with Crippen LogP contribution in [0.5, 0.6) is 5.75 Å². The van der Waals surface area contributed by atoms with Crippen LogP contribution in [-0.2, 0) is 4.74 Å². The number of aromatic nitrogens is 2. The number of nitrogens with one attached hydrogen (secondary N) is 3. The number of para-hydroxylation sites is 2. The van der Waals surface area contributed by atoms with Gasteiger partial charge in [0, 0.05) is 34.8 Å². The van der Waals surface area contributed by atoms with Crippen molar-refractivity contribution >= 4 is 27.7 Å². The molecular weight excluding hydrogens is 428 g/mol. The number of aromatic amines is 1. The van der Waals surface area contributed by atoms with Crippen LogP contribution in [0.4, 0.5) is 0 Å². The molecule has 0 bridgehead atoms. The molecule has 34 heavy (non-hydrogen) atoms. The van der Waals surface area contributed by atoms with Crippen molar-refractivity contribution in [3.05, 3.63) is 60.3 Å². The molecule has 5 rings (SSSR count). The second-order valence-electron chi connectivity index (χ2n) is 8.60. The molecule has 1 aliphatic heterocycles. The first-order chi connectivity index (χ1) is 16.7. The van der Waals surface area contributed by atoms with Gasteiger partial charge in [-0.05, 0) is 31.2 Å². The highest BCUT2D eigenvalue weighted by atomic mass is 16.5. The van der Waals surface area contributed by atoms with Gasteiger partial charge in [0.15, 0.2) is 0 Å². The predicted octanol–water partition coefficient (Wildman–Crippen LogP) is 2.82. The lowest BCUT2D eigenvalue weighted by Gasteiger charge is -2.23. The molecule has 4 aromatic rings. The number of carbonyl (C=O) groups excluding carboxylic acids is 1. The van der Waals surface area contributed by atoms with Gasteiger partial charge >= 0.3 is 0 Å². The summed E-state index contributed by atoms with van der Waals surface area (Å²) in [6.07, 6.45) is 0.927. The Morgan fingerprint density at radius 1 is 1.12 bits per heavy atom. The van der Waals surface area contributed by atoms with E-state index in [9.17, 15) is 4.79 Å². The van der Waals surface area contributed by atoms with E-state index in [1.165, 1.54) is 4.90 Å². The van der Waals surface area contributed by atoms with Crippen molar-refractivity contribution in [1.82, 2.24) is 15.3 Å². The van der Waals surface area contributed by atoms with Crippen molar-refractivity contribution in [2.24, 2.45) is 0 Å². The molecule has 2 aromatic carbocycles. The van der Waals surface area contributed by atoms with E-state index in [-0.39, 0.29) is 5.91 Å². The van der Waals surface area contributed by atoms with Gasteiger partial charge in [-0.3, -0.25) is 4.79 Å². The number of morpholine rings is 1. The summed E-state index contributed by atoms with van der Waals surface area (Å²) < 4.78 is 11.3. The number of pyridine rings is 1. The second kappa shape index (κ2) is 10.2. The van der Waals surface area contributed by atoms with Gasteiger partial charge in [0.25, 0.3) is 5.91 Å². The number of amides is 1. The van der Waals surface area contributed by atoms with Crippen LogP contribution in [0.15, 0.2) is 54.6 Å². The third-order valence-electron chi connectivity index (χ3n) is 6.36. The summed E-state index contributed by atoms with van der Waals surface area (Å²) in [6.45, 7) is 7.89. The highest BCUT2D eigenvalue weighted by Crippen LogP contribution is 2.36. The molecule has 3 heterocycles. The molecule has 0 radical (unpaired) electrons. The van der Waals surface area contributed by atoms with E-state index >= 15 is 0 Å².